The van der Waals surface area contributed by atoms with E-state index in [1.54, 1.807) is 0 Å². The molecule has 1 heterocycles. The van der Waals surface area contributed by atoms with Crippen LogP contribution in [0, 0.1) is 0 Å². The lowest BCUT2D eigenvalue weighted by atomic mass is 10.0. The van der Waals surface area contributed by atoms with Gasteiger partial charge in [-0.05, 0) is 18.6 Å². The van der Waals surface area contributed by atoms with E-state index in [2.05, 4.69) is 0 Å². The van der Waals surface area contributed by atoms with Gasteiger partial charge in [-0.1, -0.05) is 30.4 Å². The molecule has 3 heteroatoms. The average molecular weight is 217 g/mol. The van der Waals surface area contributed by atoms with Crippen LogP contribution in [0.25, 0.3) is 6.08 Å². The number of ether oxygens (including phenoxy) is 1. The number of likely N-dealkylation sites (N-methyl/N-ethyl adjacent to an activating group) is 1. The Kier molecular flexibility index (Phi) is 2.95. The van der Waals surface area contributed by atoms with Crippen molar-refractivity contribution in [3.05, 3.63) is 35.9 Å². The Morgan fingerprint density at radius 2 is 2.19 bits per heavy atom. The minimum Gasteiger partial charge on any atom is -0.464 e. The Labute approximate surface area is 95.3 Å². The van der Waals surface area contributed by atoms with E-state index >= 15 is 0 Å². The summed E-state index contributed by atoms with van der Waals surface area (Å²) in [6.07, 6.45) is 3.84. The monoisotopic (exact) mass is 217 g/mol. The number of hydrogen-bond acceptors (Lipinski definition) is 3. The lowest BCUT2D eigenvalue weighted by Gasteiger charge is -2.30. The second kappa shape index (κ2) is 4.39. The highest BCUT2D eigenvalue weighted by molar-refractivity contribution is 5.87. The first-order valence-corrected chi connectivity index (χ1v) is 5.40. The van der Waals surface area contributed by atoms with Crippen molar-refractivity contribution in [1.82, 2.24) is 0 Å². The van der Waals surface area contributed by atoms with Crippen molar-refractivity contribution in [2.24, 2.45) is 0 Å². The van der Waals surface area contributed by atoms with Crippen LogP contribution >= 0.6 is 0 Å². The first-order chi connectivity index (χ1) is 7.74. The van der Waals surface area contributed by atoms with Gasteiger partial charge in [0.05, 0.1) is 6.61 Å². The maximum atomic E-state index is 11.7. The molecule has 0 amide bonds. The van der Waals surface area contributed by atoms with Crippen molar-refractivity contribution < 1.29 is 9.53 Å². The van der Waals surface area contributed by atoms with Crippen LogP contribution in [0.3, 0.4) is 0 Å². The molecule has 0 bridgehead atoms. The molecule has 1 aromatic carbocycles. The summed E-state index contributed by atoms with van der Waals surface area (Å²) < 4.78 is 5.03. The number of carbonyl (C=O) groups excluding carboxylic acids is 1. The van der Waals surface area contributed by atoms with Gasteiger partial charge in [0, 0.05) is 12.7 Å². The molecule has 1 aliphatic rings. The van der Waals surface area contributed by atoms with Gasteiger partial charge in [-0.3, -0.25) is 0 Å². The van der Waals surface area contributed by atoms with Crippen molar-refractivity contribution in [1.29, 1.82) is 0 Å². The van der Waals surface area contributed by atoms with Crippen LogP contribution in [0.1, 0.15) is 12.5 Å². The highest BCUT2D eigenvalue weighted by Crippen LogP contribution is 2.27. The summed E-state index contributed by atoms with van der Waals surface area (Å²) in [6, 6.07) is 7.68. The maximum Gasteiger partial charge on any atom is 0.332 e. The summed E-state index contributed by atoms with van der Waals surface area (Å²) in [5, 5.41) is 0. The average Bonchev–Trinajstić information content (AvgIpc) is 2.30. The molecule has 16 heavy (non-hydrogen) atoms. The summed E-state index contributed by atoms with van der Waals surface area (Å²) in [5.41, 5.74) is 2.19. The number of para-hydroxylation sites is 1. The van der Waals surface area contributed by atoms with Crippen molar-refractivity contribution >= 4 is 17.7 Å². The molecular formula is C13H15NO2. The number of benzene rings is 1. The fourth-order valence-electron chi connectivity index (χ4n) is 1.89. The second-order valence-electron chi connectivity index (χ2n) is 3.73. The third-order valence-corrected chi connectivity index (χ3v) is 2.72. The molecule has 84 valence electrons. The van der Waals surface area contributed by atoms with Crippen molar-refractivity contribution in [3.63, 3.8) is 0 Å². The molecule has 0 saturated carbocycles. The number of hydrogen-bond donors (Lipinski definition) is 0. The molecule has 0 radical (unpaired) electrons. The number of carbonyl (C=O) groups is 1. The second-order valence-corrected chi connectivity index (χ2v) is 3.73. The van der Waals surface area contributed by atoms with Crippen LogP contribution in [-0.4, -0.2) is 25.7 Å². The molecule has 0 aromatic heterocycles. The van der Waals surface area contributed by atoms with Gasteiger partial charge in [0.15, 0.2) is 0 Å². The minimum absolute atomic E-state index is 0.198. The van der Waals surface area contributed by atoms with Crippen LogP contribution in [0.15, 0.2) is 30.3 Å². The molecule has 0 saturated heterocycles. The Morgan fingerprint density at radius 3 is 2.94 bits per heavy atom. The highest BCUT2D eigenvalue weighted by atomic mass is 16.5. The maximum absolute atomic E-state index is 11.7. The fraction of sp³-hybridized carbons (Fsp3) is 0.308. The number of anilines is 1. The Balaban J connectivity index is 2.27. The zero-order valence-electron chi connectivity index (χ0n) is 9.51. The van der Waals surface area contributed by atoms with Gasteiger partial charge in [0.1, 0.15) is 6.04 Å². The molecular weight excluding hydrogens is 202 g/mol. The summed E-state index contributed by atoms with van der Waals surface area (Å²) in [7, 11) is 1.91. The first kappa shape index (κ1) is 10.7. The molecule has 0 fully saturated rings. The summed E-state index contributed by atoms with van der Waals surface area (Å²) in [6.45, 7) is 2.23. The number of fused-ring (bicyclic) bond motifs is 1. The van der Waals surface area contributed by atoms with Crippen LogP contribution in [0.5, 0.6) is 0 Å². The zero-order chi connectivity index (χ0) is 11.5. The summed E-state index contributed by atoms with van der Waals surface area (Å²) in [5.74, 6) is -0.198. The van der Waals surface area contributed by atoms with Gasteiger partial charge in [0.25, 0.3) is 0 Å². The van der Waals surface area contributed by atoms with Gasteiger partial charge in [-0.15, -0.1) is 0 Å². The molecule has 1 atom stereocenters. The largest absolute Gasteiger partial charge is 0.464 e. The molecule has 2 rings (SSSR count). The Morgan fingerprint density at radius 1 is 1.44 bits per heavy atom. The van der Waals surface area contributed by atoms with E-state index in [1.165, 1.54) is 0 Å². The number of rotatable bonds is 2. The number of esters is 1. The minimum atomic E-state index is -0.310. The Bertz CT molecular complexity index is 426. The van der Waals surface area contributed by atoms with Gasteiger partial charge >= 0.3 is 5.97 Å². The van der Waals surface area contributed by atoms with Gasteiger partial charge < -0.3 is 9.64 Å². The van der Waals surface area contributed by atoms with Crippen LogP contribution in [0.2, 0.25) is 0 Å². The van der Waals surface area contributed by atoms with E-state index in [4.69, 9.17) is 4.74 Å². The van der Waals surface area contributed by atoms with E-state index in [1.807, 2.05) is 55.3 Å². The van der Waals surface area contributed by atoms with E-state index in [0.717, 1.165) is 11.3 Å². The third-order valence-electron chi connectivity index (χ3n) is 2.72. The van der Waals surface area contributed by atoms with Gasteiger partial charge in [-0.25, -0.2) is 4.79 Å². The molecule has 0 N–H and O–H groups in total. The predicted octanol–water partition coefficient (Wildman–Crippen LogP) is 2.08. The predicted molar refractivity (Wildman–Crippen MR) is 64.3 cm³/mol. The van der Waals surface area contributed by atoms with Gasteiger partial charge in [-0.2, -0.15) is 0 Å². The molecule has 1 unspecified atom stereocenters. The lowest BCUT2D eigenvalue weighted by molar-refractivity contribution is -0.143. The van der Waals surface area contributed by atoms with E-state index < -0.39 is 0 Å². The lowest BCUT2D eigenvalue weighted by Crippen LogP contribution is -2.40. The fourth-order valence-corrected chi connectivity index (χ4v) is 1.89. The molecule has 0 aliphatic carbocycles. The van der Waals surface area contributed by atoms with Crippen LogP contribution < -0.4 is 4.90 Å². The molecule has 0 spiro atoms. The SMILES string of the molecule is CCOC(=O)C1C=Cc2ccccc2N1C. The summed E-state index contributed by atoms with van der Waals surface area (Å²) in [4.78, 5) is 13.6. The zero-order valence-corrected chi connectivity index (χ0v) is 9.51. The van der Waals surface area contributed by atoms with Crippen molar-refractivity contribution in [3.8, 4) is 0 Å². The summed E-state index contributed by atoms with van der Waals surface area (Å²) >= 11 is 0. The Hall–Kier alpha value is -1.77. The smallest absolute Gasteiger partial charge is 0.332 e. The molecule has 1 aliphatic heterocycles. The molecule has 3 nitrogen and oxygen atoms in total. The van der Waals surface area contributed by atoms with Crippen molar-refractivity contribution in [2.45, 2.75) is 13.0 Å². The van der Waals surface area contributed by atoms with E-state index in [-0.39, 0.29) is 12.0 Å². The third kappa shape index (κ3) is 1.81. The van der Waals surface area contributed by atoms with Crippen LogP contribution in [0.4, 0.5) is 5.69 Å². The topological polar surface area (TPSA) is 29.5 Å². The quantitative estimate of drug-likeness (QED) is 0.710. The highest BCUT2D eigenvalue weighted by Gasteiger charge is 2.25. The van der Waals surface area contributed by atoms with Crippen LogP contribution in [-0.2, 0) is 9.53 Å². The standard InChI is InChI=1S/C13H15NO2/c1-3-16-13(15)12-9-8-10-6-4-5-7-11(10)14(12)2/h4-9,12H,3H2,1-2H3. The van der Waals surface area contributed by atoms with Gasteiger partial charge in [0.2, 0.25) is 0 Å². The first-order valence-electron chi connectivity index (χ1n) is 5.40. The van der Waals surface area contributed by atoms with Crippen molar-refractivity contribution in [2.75, 3.05) is 18.6 Å². The normalized spacial score (nSPS) is 18.1. The number of nitrogens with zero attached hydrogens (tertiary/aromatic N) is 1. The van der Waals surface area contributed by atoms with E-state index in [0.29, 0.717) is 6.61 Å². The van der Waals surface area contributed by atoms with E-state index in [9.17, 15) is 4.79 Å². The molecule has 1 aromatic rings.